The summed E-state index contributed by atoms with van der Waals surface area (Å²) in [4.78, 5) is 23.0. The highest BCUT2D eigenvalue weighted by Crippen LogP contribution is 2.29. The van der Waals surface area contributed by atoms with Crippen molar-refractivity contribution in [3.63, 3.8) is 0 Å². The Bertz CT molecular complexity index is 672. The number of benzene rings is 1. The van der Waals surface area contributed by atoms with E-state index in [0.29, 0.717) is 17.9 Å². The molecule has 0 unspecified atom stereocenters. The van der Waals surface area contributed by atoms with Gasteiger partial charge in [-0.3, -0.25) is 4.79 Å². The van der Waals surface area contributed by atoms with Crippen LogP contribution in [0.3, 0.4) is 0 Å². The van der Waals surface area contributed by atoms with Gasteiger partial charge in [0, 0.05) is 36.5 Å². The van der Waals surface area contributed by atoms with Gasteiger partial charge in [0.1, 0.15) is 0 Å². The second kappa shape index (κ2) is 6.46. The van der Waals surface area contributed by atoms with Gasteiger partial charge in [-0.1, -0.05) is 37.3 Å². The van der Waals surface area contributed by atoms with Crippen LogP contribution in [0.4, 0.5) is 0 Å². The molecule has 0 saturated carbocycles. The van der Waals surface area contributed by atoms with Crippen molar-refractivity contribution in [2.75, 3.05) is 19.7 Å². The number of hydrogen-bond donors (Lipinski definition) is 1. The normalized spacial score (nSPS) is 21.2. The number of carbonyl (C=O) groups is 1. The molecule has 2 aromatic rings. The van der Waals surface area contributed by atoms with Crippen LogP contribution in [0.2, 0.25) is 0 Å². The number of aliphatic hydroxyl groups is 1. The zero-order chi connectivity index (χ0) is 16.3. The average Bonchev–Trinajstić information content (AvgIpc) is 2.62. The van der Waals surface area contributed by atoms with Gasteiger partial charge in [0.15, 0.2) is 5.82 Å². The Morgan fingerprint density at radius 3 is 2.61 bits per heavy atom. The van der Waals surface area contributed by atoms with Gasteiger partial charge in [0.25, 0.3) is 5.91 Å². The van der Waals surface area contributed by atoms with Crippen molar-refractivity contribution in [2.45, 2.75) is 19.8 Å². The molecule has 3 rings (SSSR count). The fraction of sp³-hybridized carbons (Fsp3) is 0.389. The molecule has 1 aliphatic heterocycles. The first-order valence-electron chi connectivity index (χ1n) is 7.89. The summed E-state index contributed by atoms with van der Waals surface area (Å²) in [5, 5.41) is 9.52. The van der Waals surface area contributed by atoms with Gasteiger partial charge in [-0.25, -0.2) is 9.97 Å². The standard InChI is InChI=1S/C18H21N3O2/c1-18(13-22)8-5-9-21(12-18)17(23)15-10-19-16(20-11-15)14-6-3-2-4-7-14/h2-4,6-7,10-11,22H,5,8-9,12-13H2,1H3/t18-/m1/s1. The summed E-state index contributed by atoms with van der Waals surface area (Å²) in [7, 11) is 0. The zero-order valence-corrected chi connectivity index (χ0v) is 13.3. The Hall–Kier alpha value is -2.27. The maximum Gasteiger partial charge on any atom is 0.257 e. The first-order chi connectivity index (χ1) is 11.1. The largest absolute Gasteiger partial charge is 0.396 e. The number of hydrogen-bond acceptors (Lipinski definition) is 4. The fourth-order valence-corrected chi connectivity index (χ4v) is 2.98. The number of carbonyl (C=O) groups excluding carboxylic acids is 1. The molecule has 0 radical (unpaired) electrons. The van der Waals surface area contributed by atoms with Crippen molar-refractivity contribution < 1.29 is 9.90 Å². The smallest absolute Gasteiger partial charge is 0.257 e. The SMILES string of the molecule is C[C@@]1(CO)CCCN(C(=O)c2cnc(-c3ccccc3)nc2)C1. The Morgan fingerprint density at radius 1 is 1.26 bits per heavy atom. The van der Waals surface area contributed by atoms with Gasteiger partial charge in [0.05, 0.1) is 12.2 Å². The third-order valence-electron chi connectivity index (χ3n) is 4.38. The highest BCUT2D eigenvalue weighted by molar-refractivity contribution is 5.93. The minimum atomic E-state index is -0.210. The number of aromatic nitrogens is 2. The van der Waals surface area contributed by atoms with Crippen LogP contribution in [0.15, 0.2) is 42.7 Å². The minimum absolute atomic E-state index is 0.0658. The van der Waals surface area contributed by atoms with E-state index in [2.05, 4.69) is 9.97 Å². The minimum Gasteiger partial charge on any atom is -0.396 e. The molecule has 23 heavy (non-hydrogen) atoms. The van der Waals surface area contributed by atoms with Crippen LogP contribution in [-0.2, 0) is 0 Å². The molecule has 1 saturated heterocycles. The van der Waals surface area contributed by atoms with Gasteiger partial charge in [-0.2, -0.15) is 0 Å². The van der Waals surface area contributed by atoms with E-state index in [9.17, 15) is 9.90 Å². The van der Waals surface area contributed by atoms with Crippen LogP contribution in [0, 0.1) is 5.41 Å². The van der Waals surface area contributed by atoms with Gasteiger partial charge in [0.2, 0.25) is 0 Å². The summed E-state index contributed by atoms with van der Waals surface area (Å²) in [6.45, 7) is 3.40. The summed E-state index contributed by atoms with van der Waals surface area (Å²) in [5.74, 6) is 0.546. The van der Waals surface area contributed by atoms with Gasteiger partial charge < -0.3 is 10.0 Å². The van der Waals surface area contributed by atoms with Crippen LogP contribution in [0.25, 0.3) is 11.4 Å². The second-order valence-electron chi connectivity index (χ2n) is 6.46. The Kier molecular flexibility index (Phi) is 4.39. The lowest BCUT2D eigenvalue weighted by Gasteiger charge is -2.39. The van der Waals surface area contributed by atoms with Crippen molar-refractivity contribution in [1.82, 2.24) is 14.9 Å². The number of amides is 1. The maximum absolute atomic E-state index is 12.6. The first kappa shape index (κ1) is 15.6. The Morgan fingerprint density at radius 2 is 1.96 bits per heavy atom. The average molecular weight is 311 g/mol. The van der Waals surface area contributed by atoms with E-state index in [1.165, 1.54) is 0 Å². The zero-order valence-electron chi connectivity index (χ0n) is 13.3. The quantitative estimate of drug-likeness (QED) is 0.945. The monoisotopic (exact) mass is 311 g/mol. The van der Waals surface area contributed by atoms with Crippen molar-refractivity contribution in [3.05, 3.63) is 48.3 Å². The molecule has 1 atom stereocenters. The Balaban J connectivity index is 1.75. The van der Waals surface area contributed by atoms with E-state index >= 15 is 0 Å². The third kappa shape index (κ3) is 3.40. The van der Waals surface area contributed by atoms with E-state index < -0.39 is 0 Å². The Labute approximate surface area is 136 Å². The molecule has 5 heteroatoms. The van der Waals surface area contributed by atoms with Crippen LogP contribution in [0.1, 0.15) is 30.1 Å². The second-order valence-corrected chi connectivity index (χ2v) is 6.46. The molecule has 1 amide bonds. The molecule has 1 aliphatic rings. The van der Waals surface area contributed by atoms with Crippen molar-refractivity contribution in [1.29, 1.82) is 0 Å². The molecule has 1 aromatic carbocycles. The molecule has 1 fully saturated rings. The molecule has 0 spiro atoms. The molecule has 2 heterocycles. The number of rotatable bonds is 3. The third-order valence-corrected chi connectivity index (χ3v) is 4.38. The summed E-state index contributed by atoms with van der Waals surface area (Å²) in [5.41, 5.74) is 1.21. The van der Waals surface area contributed by atoms with Gasteiger partial charge >= 0.3 is 0 Å². The van der Waals surface area contributed by atoms with Crippen LogP contribution < -0.4 is 0 Å². The van der Waals surface area contributed by atoms with E-state index in [1.807, 2.05) is 37.3 Å². The van der Waals surface area contributed by atoms with E-state index in [4.69, 9.17) is 0 Å². The molecule has 0 bridgehead atoms. The lowest BCUT2D eigenvalue weighted by molar-refractivity contribution is 0.0357. The number of piperidine rings is 1. The lowest BCUT2D eigenvalue weighted by Crippen LogP contribution is -2.46. The summed E-state index contributed by atoms with van der Waals surface area (Å²) < 4.78 is 0. The van der Waals surface area contributed by atoms with Crippen LogP contribution in [-0.4, -0.2) is 45.6 Å². The van der Waals surface area contributed by atoms with E-state index in [0.717, 1.165) is 24.9 Å². The molecular formula is C18H21N3O2. The summed E-state index contributed by atoms with van der Waals surface area (Å²) >= 11 is 0. The molecule has 0 aliphatic carbocycles. The van der Waals surface area contributed by atoms with Crippen LogP contribution >= 0.6 is 0 Å². The maximum atomic E-state index is 12.6. The number of likely N-dealkylation sites (tertiary alicyclic amines) is 1. The predicted molar refractivity (Wildman–Crippen MR) is 87.8 cm³/mol. The highest BCUT2D eigenvalue weighted by Gasteiger charge is 2.33. The number of nitrogens with zero attached hydrogens (tertiary/aromatic N) is 3. The van der Waals surface area contributed by atoms with Crippen LogP contribution in [0.5, 0.6) is 0 Å². The fourth-order valence-electron chi connectivity index (χ4n) is 2.98. The molecule has 5 nitrogen and oxygen atoms in total. The van der Waals surface area contributed by atoms with Crippen molar-refractivity contribution in [3.8, 4) is 11.4 Å². The van der Waals surface area contributed by atoms with Crippen molar-refractivity contribution >= 4 is 5.91 Å². The number of aliphatic hydroxyl groups excluding tert-OH is 1. The van der Waals surface area contributed by atoms with Gasteiger partial charge in [-0.05, 0) is 12.8 Å². The summed E-state index contributed by atoms with van der Waals surface area (Å²) in [6.07, 6.45) is 5.02. The molecule has 1 N–H and O–H groups in total. The molecule has 1 aromatic heterocycles. The topological polar surface area (TPSA) is 66.3 Å². The lowest BCUT2D eigenvalue weighted by atomic mass is 9.82. The highest BCUT2D eigenvalue weighted by atomic mass is 16.3. The van der Waals surface area contributed by atoms with Crippen molar-refractivity contribution in [2.24, 2.45) is 5.41 Å². The van der Waals surface area contributed by atoms with Gasteiger partial charge in [-0.15, -0.1) is 0 Å². The first-order valence-corrected chi connectivity index (χ1v) is 7.89. The molecular weight excluding hydrogens is 290 g/mol. The van der Waals surface area contributed by atoms with E-state index in [1.54, 1.807) is 17.3 Å². The predicted octanol–water partition coefficient (Wildman–Crippen LogP) is 2.38. The summed E-state index contributed by atoms with van der Waals surface area (Å²) in [6, 6.07) is 9.68. The molecule has 120 valence electrons. The van der Waals surface area contributed by atoms with E-state index in [-0.39, 0.29) is 17.9 Å².